The number of hydrogen-bond acceptors (Lipinski definition) is 0. The molecule has 0 heterocycles. The van der Waals surface area contributed by atoms with E-state index in [0.717, 1.165) is 0 Å². The van der Waals surface area contributed by atoms with E-state index in [2.05, 4.69) is 89.3 Å². The van der Waals surface area contributed by atoms with Crippen molar-refractivity contribution in [3.63, 3.8) is 0 Å². The number of hydrogen-bond donors (Lipinski definition) is 0. The van der Waals surface area contributed by atoms with Gasteiger partial charge in [-0.05, 0) is 75.8 Å². The fourth-order valence-electron chi connectivity index (χ4n) is 2.42. The largest absolute Gasteiger partial charge is 0.0752 e. The molecule has 2 aromatic rings. The zero-order chi connectivity index (χ0) is 14.8. The van der Waals surface area contributed by atoms with E-state index in [1.54, 1.807) is 0 Å². The van der Waals surface area contributed by atoms with Crippen LogP contribution in [-0.2, 0) is 12.8 Å². The summed E-state index contributed by atoms with van der Waals surface area (Å²) in [6, 6.07) is 21.5. The van der Waals surface area contributed by atoms with Gasteiger partial charge in [0.05, 0.1) is 0 Å². The monoisotopic (exact) mass is 390 g/mol. The van der Waals surface area contributed by atoms with Gasteiger partial charge in [0.1, 0.15) is 0 Å². The van der Waals surface area contributed by atoms with Crippen LogP contribution < -0.4 is 0 Å². The van der Waals surface area contributed by atoms with Crippen molar-refractivity contribution < 1.29 is 0 Å². The van der Waals surface area contributed by atoms with Crippen LogP contribution in [0, 0.1) is 0 Å². The molecular formula is C20H23I. The van der Waals surface area contributed by atoms with E-state index in [1.165, 1.54) is 53.2 Å². The van der Waals surface area contributed by atoms with Crippen LogP contribution in [0.25, 0.3) is 0 Å². The molecule has 0 bridgehead atoms. The number of aryl methyl sites for hydroxylation is 2. The van der Waals surface area contributed by atoms with Gasteiger partial charge in [-0.2, -0.15) is 0 Å². The van der Waals surface area contributed by atoms with E-state index in [9.17, 15) is 0 Å². The van der Waals surface area contributed by atoms with Crippen LogP contribution in [0.5, 0.6) is 0 Å². The molecule has 0 N–H and O–H groups in total. The van der Waals surface area contributed by atoms with E-state index in [4.69, 9.17) is 0 Å². The maximum absolute atomic E-state index is 2.50. The molecule has 0 aliphatic rings. The van der Waals surface area contributed by atoms with Gasteiger partial charge in [-0.3, -0.25) is 0 Å². The van der Waals surface area contributed by atoms with Crippen LogP contribution >= 0.6 is 22.6 Å². The number of halogens is 1. The molecule has 2 rings (SSSR count). The lowest BCUT2D eigenvalue weighted by Crippen LogP contribution is -1.86. The summed E-state index contributed by atoms with van der Waals surface area (Å²) in [7, 11) is 0. The van der Waals surface area contributed by atoms with Crippen molar-refractivity contribution in [1.29, 1.82) is 0 Å². The van der Waals surface area contributed by atoms with E-state index >= 15 is 0 Å². The van der Waals surface area contributed by atoms with Gasteiger partial charge >= 0.3 is 0 Å². The van der Waals surface area contributed by atoms with Crippen molar-refractivity contribution in [3.05, 3.63) is 81.4 Å². The fraction of sp³-hybridized carbons (Fsp3) is 0.300. The molecular weight excluding hydrogens is 367 g/mol. The summed E-state index contributed by atoms with van der Waals surface area (Å²) in [5, 5.41) is 0. The lowest BCUT2D eigenvalue weighted by molar-refractivity contribution is 0.816. The van der Waals surface area contributed by atoms with Gasteiger partial charge < -0.3 is 0 Å². The first-order valence-corrected chi connectivity index (χ1v) is 8.85. The summed E-state index contributed by atoms with van der Waals surface area (Å²) in [6.45, 7) is 0. The number of unbranched alkanes of at least 4 members (excludes halogenated alkanes) is 1. The number of benzene rings is 2. The summed E-state index contributed by atoms with van der Waals surface area (Å²) < 4.78 is 1.51. The maximum Gasteiger partial charge on any atom is -0.0134 e. The summed E-state index contributed by atoms with van der Waals surface area (Å²) in [5.74, 6) is 0. The predicted octanol–water partition coefficient (Wildman–Crippen LogP) is 6.35. The zero-order valence-corrected chi connectivity index (χ0v) is 14.6. The normalized spacial score (nSPS) is 11.6. The smallest absolute Gasteiger partial charge is 0.0134 e. The Labute approximate surface area is 142 Å². The van der Waals surface area contributed by atoms with Crippen LogP contribution in [0.1, 0.15) is 36.8 Å². The Morgan fingerprint density at radius 3 is 1.86 bits per heavy atom. The summed E-state index contributed by atoms with van der Waals surface area (Å²) in [5.41, 5.74) is 2.90. The Balaban J connectivity index is 1.61. The molecule has 0 atom stereocenters. The molecule has 0 spiro atoms. The van der Waals surface area contributed by atoms with E-state index < -0.39 is 0 Å². The minimum atomic E-state index is 1.19. The standard InChI is InChI=1S/C20H23I/c21-20(17-9-15-19-12-5-2-6-13-19)16-8-7-14-18-10-3-1-4-11-18/h1-6,10-13,16H,7-9,14-15,17H2/b20-16-. The third-order valence-corrected chi connectivity index (χ3v) is 4.58. The fourth-order valence-corrected chi connectivity index (χ4v) is 3.11. The van der Waals surface area contributed by atoms with Gasteiger partial charge in [-0.1, -0.05) is 66.7 Å². The molecule has 0 aromatic heterocycles. The van der Waals surface area contributed by atoms with Crippen molar-refractivity contribution in [2.24, 2.45) is 0 Å². The Hall–Kier alpha value is -1.09. The molecule has 0 fully saturated rings. The summed E-state index contributed by atoms with van der Waals surface area (Å²) in [4.78, 5) is 0. The Bertz CT molecular complexity index is 528. The second-order valence-corrected chi connectivity index (χ2v) is 6.75. The van der Waals surface area contributed by atoms with Crippen molar-refractivity contribution in [1.82, 2.24) is 0 Å². The average Bonchev–Trinajstić information content (AvgIpc) is 2.54. The number of rotatable bonds is 8. The second-order valence-electron chi connectivity index (χ2n) is 5.37. The lowest BCUT2D eigenvalue weighted by atomic mass is 10.1. The van der Waals surface area contributed by atoms with Crippen molar-refractivity contribution in [2.45, 2.75) is 38.5 Å². The third-order valence-electron chi connectivity index (χ3n) is 3.60. The maximum atomic E-state index is 2.50. The molecule has 0 nitrogen and oxygen atoms in total. The quantitative estimate of drug-likeness (QED) is 0.364. The average molecular weight is 390 g/mol. The van der Waals surface area contributed by atoms with Crippen molar-refractivity contribution >= 4 is 22.6 Å². The van der Waals surface area contributed by atoms with Gasteiger partial charge in [-0.25, -0.2) is 0 Å². The van der Waals surface area contributed by atoms with Crippen LogP contribution in [0.4, 0.5) is 0 Å². The molecule has 0 saturated carbocycles. The van der Waals surface area contributed by atoms with Crippen LogP contribution in [0.3, 0.4) is 0 Å². The van der Waals surface area contributed by atoms with Crippen molar-refractivity contribution in [3.8, 4) is 0 Å². The Kier molecular flexibility index (Phi) is 7.58. The zero-order valence-electron chi connectivity index (χ0n) is 12.5. The first kappa shape index (κ1) is 16.3. The molecule has 1 heteroatoms. The van der Waals surface area contributed by atoms with E-state index in [0.29, 0.717) is 0 Å². The number of allylic oxidation sites excluding steroid dienone is 2. The second kappa shape index (κ2) is 9.78. The molecule has 21 heavy (non-hydrogen) atoms. The third kappa shape index (κ3) is 6.94. The topological polar surface area (TPSA) is 0 Å². The molecule has 0 saturated heterocycles. The lowest BCUT2D eigenvalue weighted by Gasteiger charge is -2.02. The predicted molar refractivity (Wildman–Crippen MR) is 101 cm³/mol. The Morgan fingerprint density at radius 2 is 1.29 bits per heavy atom. The van der Waals surface area contributed by atoms with E-state index in [-0.39, 0.29) is 0 Å². The SMILES string of the molecule is I/C(=C\CCCc1ccccc1)CCCc1ccccc1. The summed E-state index contributed by atoms with van der Waals surface area (Å²) >= 11 is 2.50. The minimum absolute atomic E-state index is 1.19. The van der Waals surface area contributed by atoms with Gasteiger partial charge in [-0.15, -0.1) is 0 Å². The van der Waals surface area contributed by atoms with Gasteiger partial charge in [0.25, 0.3) is 0 Å². The van der Waals surface area contributed by atoms with Crippen molar-refractivity contribution in [2.75, 3.05) is 0 Å². The van der Waals surface area contributed by atoms with Gasteiger partial charge in [0.2, 0.25) is 0 Å². The minimum Gasteiger partial charge on any atom is -0.0752 e. The Morgan fingerprint density at radius 1 is 0.762 bits per heavy atom. The van der Waals surface area contributed by atoms with E-state index in [1.807, 2.05) is 0 Å². The highest BCUT2D eigenvalue weighted by molar-refractivity contribution is 14.1. The van der Waals surface area contributed by atoms with Gasteiger partial charge in [0.15, 0.2) is 0 Å². The highest BCUT2D eigenvalue weighted by Gasteiger charge is 1.96. The molecule has 0 amide bonds. The first-order valence-electron chi connectivity index (χ1n) is 7.77. The summed E-state index contributed by atoms with van der Waals surface area (Å²) in [6.07, 6.45) is 9.68. The van der Waals surface area contributed by atoms with Crippen LogP contribution in [0.2, 0.25) is 0 Å². The molecule has 2 aromatic carbocycles. The highest BCUT2D eigenvalue weighted by Crippen LogP contribution is 2.17. The first-order chi connectivity index (χ1) is 10.3. The molecule has 0 unspecified atom stereocenters. The molecule has 0 aliphatic heterocycles. The molecule has 110 valence electrons. The van der Waals surface area contributed by atoms with Gasteiger partial charge in [0, 0.05) is 0 Å². The highest BCUT2D eigenvalue weighted by atomic mass is 127. The molecule has 0 radical (unpaired) electrons. The van der Waals surface area contributed by atoms with Crippen LogP contribution in [-0.4, -0.2) is 0 Å². The van der Waals surface area contributed by atoms with Crippen LogP contribution in [0.15, 0.2) is 70.3 Å². The molecule has 0 aliphatic carbocycles.